The third kappa shape index (κ3) is 6.28. The molecule has 0 aliphatic carbocycles. The minimum absolute atomic E-state index is 1.12. The smallest absolute Gasteiger partial charge is 0.179 e. The Bertz CT molecular complexity index is 2950. The monoisotopic (exact) mass is 848 g/mol. The first-order valence-corrected chi connectivity index (χ1v) is 24.3. The van der Waals surface area contributed by atoms with Crippen LogP contribution in [-0.2, 0) is 0 Å². The number of nitrogens with zero attached hydrogens (tertiary/aromatic N) is 4. The molecule has 0 N–H and O–H groups in total. The second-order valence-electron chi connectivity index (χ2n) is 16.5. The summed E-state index contributed by atoms with van der Waals surface area (Å²) in [4.78, 5) is 9.60. The zero-order valence-corrected chi connectivity index (χ0v) is 36.7. The molecule has 5 heteroatoms. The third-order valence-electron chi connectivity index (χ3n) is 13.0. The molecule has 0 radical (unpaired) electrons. The molecule has 0 bridgehead atoms. The normalized spacial score (nSPS) is 12.8. The summed E-state index contributed by atoms with van der Waals surface area (Å²) in [7, 11) is -2.90. The minimum atomic E-state index is -2.90. The zero-order chi connectivity index (χ0) is 43.2. The van der Waals surface area contributed by atoms with Crippen LogP contribution in [0.4, 0.5) is 68.2 Å². The van der Waals surface area contributed by atoms with Gasteiger partial charge in [0.25, 0.3) is 0 Å². The summed E-state index contributed by atoms with van der Waals surface area (Å²) in [6, 6.07) is 97.7. The molecule has 0 fully saturated rings. The Morgan fingerprint density at radius 2 is 0.354 bits per heavy atom. The fourth-order valence-corrected chi connectivity index (χ4v) is 15.0. The van der Waals surface area contributed by atoms with Gasteiger partial charge in [0, 0.05) is 22.7 Å². The lowest BCUT2D eigenvalue weighted by Crippen LogP contribution is -2.74. The number of fused-ring (bicyclic) bond motifs is 4. The van der Waals surface area contributed by atoms with E-state index in [1.54, 1.807) is 0 Å². The van der Waals surface area contributed by atoms with Gasteiger partial charge in [-0.2, -0.15) is 0 Å². The lowest BCUT2D eigenvalue weighted by atomic mass is 10.0. The molecule has 0 saturated heterocycles. The summed E-state index contributed by atoms with van der Waals surface area (Å²) in [6.07, 6.45) is 0. The van der Waals surface area contributed by atoms with E-state index in [1.807, 2.05) is 0 Å². The van der Waals surface area contributed by atoms with Crippen molar-refractivity contribution >= 4 is 97.1 Å². The van der Waals surface area contributed by atoms with Gasteiger partial charge in [0.15, 0.2) is 8.07 Å². The van der Waals surface area contributed by atoms with Crippen LogP contribution < -0.4 is 40.3 Å². The molecule has 10 aromatic carbocycles. The zero-order valence-electron chi connectivity index (χ0n) is 35.7. The van der Waals surface area contributed by atoms with Gasteiger partial charge in [-0.15, -0.1) is 0 Å². The van der Waals surface area contributed by atoms with Crippen molar-refractivity contribution in [3.8, 4) is 0 Å². The van der Waals surface area contributed by atoms with Crippen LogP contribution in [0.5, 0.6) is 0 Å². The minimum Gasteiger partial charge on any atom is -0.306 e. The van der Waals surface area contributed by atoms with E-state index in [2.05, 4.69) is 287 Å². The fourth-order valence-electron chi connectivity index (χ4n) is 10.3. The summed E-state index contributed by atoms with van der Waals surface area (Å²) in [5.74, 6) is 0. The average molecular weight is 849 g/mol. The maximum atomic E-state index is 2.42. The highest BCUT2D eigenvalue weighted by molar-refractivity contribution is 7.19. The van der Waals surface area contributed by atoms with Gasteiger partial charge in [0.05, 0.1) is 45.5 Å². The average Bonchev–Trinajstić information content (AvgIpc) is 3.39. The maximum absolute atomic E-state index is 2.90. The molecular weight excluding hydrogens is 805 g/mol. The van der Waals surface area contributed by atoms with Gasteiger partial charge in [-0.1, -0.05) is 170 Å². The molecule has 2 aliphatic heterocycles. The van der Waals surface area contributed by atoms with Gasteiger partial charge in [0.2, 0.25) is 0 Å². The highest BCUT2D eigenvalue weighted by Gasteiger charge is 2.42. The van der Waals surface area contributed by atoms with E-state index < -0.39 is 8.07 Å². The standard InChI is InChI=1S/C60H44N4Si/c1-5-21-45(22-6-1)61-53-29-13-17-33-57(53)63(58-34-18-14-30-54(58)61)47-37-41-51(42-38-47)65(49-25-9-3-10-26-49,50-27-11-4-12-28-50)52-43-39-48(40-44-52)64-59-35-19-15-31-55(59)62(46-23-7-2-8-24-46)56-32-16-20-36-60(56)64/h1-44H. The van der Waals surface area contributed by atoms with E-state index in [1.165, 1.54) is 20.7 Å². The van der Waals surface area contributed by atoms with Crippen molar-refractivity contribution in [2.24, 2.45) is 0 Å². The molecule has 0 saturated carbocycles. The summed E-state index contributed by atoms with van der Waals surface area (Å²) in [6.45, 7) is 0. The van der Waals surface area contributed by atoms with Crippen LogP contribution in [0.3, 0.4) is 0 Å². The first-order valence-electron chi connectivity index (χ1n) is 22.3. The van der Waals surface area contributed by atoms with Crippen molar-refractivity contribution in [2.75, 3.05) is 19.6 Å². The first kappa shape index (κ1) is 38.3. The third-order valence-corrected chi connectivity index (χ3v) is 17.8. The fraction of sp³-hybridized carbons (Fsp3) is 0. The molecular formula is C60H44N4Si. The Kier molecular flexibility index (Phi) is 9.47. The van der Waals surface area contributed by atoms with Crippen molar-refractivity contribution in [3.63, 3.8) is 0 Å². The second kappa shape index (κ2) is 16.1. The molecule has 0 atom stereocenters. The molecule has 0 unspecified atom stereocenters. The molecule has 2 aliphatic rings. The van der Waals surface area contributed by atoms with E-state index in [-0.39, 0.29) is 0 Å². The van der Waals surface area contributed by atoms with Crippen LogP contribution in [0.15, 0.2) is 267 Å². The van der Waals surface area contributed by atoms with Gasteiger partial charge in [-0.3, -0.25) is 0 Å². The number of anilines is 12. The van der Waals surface area contributed by atoms with E-state index >= 15 is 0 Å². The van der Waals surface area contributed by atoms with Crippen LogP contribution in [0.2, 0.25) is 0 Å². The van der Waals surface area contributed by atoms with E-state index in [4.69, 9.17) is 0 Å². The molecule has 4 nitrogen and oxygen atoms in total. The number of hydrogen-bond donors (Lipinski definition) is 0. The van der Waals surface area contributed by atoms with Crippen molar-refractivity contribution in [1.82, 2.24) is 0 Å². The van der Waals surface area contributed by atoms with Gasteiger partial charge in [-0.25, -0.2) is 0 Å². The Morgan fingerprint density at radius 3 is 0.600 bits per heavy atom. The maximum Gasteiger partial charge on any atom is 0.179 e. The Labute approximate surface area is 381 Å². The summed E-state index contributed by atoms with van der Waals surface area (Å²) in [5.41, 5.74) is 13.6. The summed E-state index contributed by atoms with van der Waals surface area (Å²) >= 11 is 0. The highest BCUT2D eigenvalue weighted by Crippen LogP contribution is 2.55. The van der Waals surface area contributed by atoms with Crippen LogP contribution >= 0.6 is 0 Å². The molecule has 2 heterocycles. The van der Waals surface area contributed by atoms with E-state index in [9.17, 15) is 0 Å². The van der Waals surface area contributed by atoms with E-state index in [0.717, 1.165) is 68.2 Å². The lowest BCUT2D eigenvalue weighted by molar-refractivity contribution is 1.17. The van der Waals surface area contributed by atoms with Crippen molar-refractivity contribution < 1.29 is 0 Å². The second-order valence-corrected chi connectivity index (χ2v) is 20.4. The van der Waals surface area contributed by atoms with Crippen LogP contribution in [0.25, 0.3) is 0 Å². The number of benzene rings is 10. The topological polar surface area (TPSA) is 13.0 Å². The van der Waals surface area contributed by atoms with Crippen LogP contribution in [0, 0.1) is 0 Å². The molecule has 10 aromatic rings. The number of hydrogen-bond acceptors (Lipinski definition) is 4. The Morgan fingerprint density at radius 1 is 0.169 bits per heavy atom. The van der Waals surface area contributed by atoms with Gasteiger partial charge in [0.1, 0.15) is 0 Å². The van der Waals surface area contributed by atoms with Gasteiger partial charge >= 0.3 is 0 Å². The summed E-state index contributed by atoms with van der Waals surface area (Å²) < 4.78 is 0. The predicted octanol–water partition coefficient (Wildman–Crippen LogP) is 13.6. The summed E-state index contributed by atoms with van der Waals surface area (Å²) in [5, 5.41) is 5.32. The quantitative estimate of drug-likeness (QED) is 0.112. The van der Waals surface area contributed by atoms with Crippen LogP contribution in [-0.4, -0.2) is 8.07 Å². The Balaban J connectivity index is 1.00. The predicted molar refractivity (Wildman–Crippen MR) is 276 cm³/mol. The molecule has 65 heavy (non-hydrogen) atoms. The highest BCUT2D eigenvalue weighted by atomic mass is 28.3. The molecule has 0 spiro atoms. The first-order chi connectivity index (χ1) is 32.3. The number of rotatable bonds is 8. The van der Waals surface area contributed by atoms with Crippen molar-refractivity contribution in [3.05, 3.63) is 267 Å². The van der Waals surface area contributed by atoms with Gasteiger partial charge < -0.3 is 19.6 Å². The molecule has 0 aromatic heterocycles. The number of para-hydroxylation sites is 10. The molecule has 308 valence electrons. The van der Waals surface area contributed by atoms with Crippen LogP contribution in [0.1, 0.15) is 0 Å². The molecule has 12 rings (SSSR count). The lowest BCUT2D eigenvalue weighted by Gasteiger charge is -2.41. The van der Waals surface area contributed by atoms with E-state index in [0.29, 0.717) is 0 Å². The largest absolute Gasteiger partial charge is 0.306 e. The van der Waals surface area contributed by atoms with Gasteiger partial charge in [-0.05, 0) is 118 Å². The van der Waals surface area contributed by atoms with Crippen molar-refractivity contribution in [2.45, 2.75) is 0 Å². The molecule has 0 amide bonds. The van der Waals surface area contributed by atoms with Crippen molar-refractivity contribution in [1.29, 1.82) is 0 Å². The SMILES string of the molecule is c1ccc(N2c3ccccc3N(c3ccc([Si](c4ccccc4)(c4ccccc4)c4ccc(N5c6ccccc6N(c6ccccc6)c6ccccc65)cc4)cc3)c3ccccc32)cc1. The Hall–Kier alpha value is -8.38.